The smallest absolute Gasteiger partial charge is 0.375 e. The lowest BCUT2D eigenvalue weighted by atomic mass is 10.1. The Bertz CT molecular complexity index is 1000. The zero-order chi connectivity index (χ0) is 18.0. The number of Topliss-reactive ketones (excluding diaryl/α,β-unsaturated/α-hetero) is 1. The maximum Gasteiger partial charge on any atom is 0.375 e. The Labute approximate surface area is 151 Å². The molecule has 0 fully saturated rings. The number of benzene rings is 2. The fraction of sp³-hybridized carbons (Fsp3) is 0.105. The van der Waals surface area contributed by atoms with E-state index in [9.17, 15) is 14.4 Å². The van der Waals surface area contributed by atoms with Gasteiger partial charge in [0.1, 0.15) is 5.58 Å². The van der Waals surface area contributed by atoms with E-state index in [1.807, 2.05) is 0 Å². The number of ether oxygens (including phenoxy) is 1. The van der Waals surface area contributed by atoms with Crippen molar-refractivity contribution in [1.82, 2.24) is 0 Å². The Hall–Kier alpha value is -2.73. The first-order chi connectivity index (χ1) is 12.0. The molecule has 0 aliphatic heterocycles. The molecule has 5 nitrogen and oxygen atoms in total. The molecule has 0 saturated heterocycles. The molecule has 0 spiro atoms. The first-order valence-electron chi connectivity index (χ1n) is 7.49. The summed E-state index contributed by atoms with van der Waals surface area (Å²) >= 11 is 3.29. The molecule has 6 heteroatoms. The van der Waals surface area contributed by atoms with Gasteiger partial charge in [0.2, 0.25) is 11.5 Å². The van der Waals surface area contributed by atoms with Crippen molar-refractivity contribution < 1.29 is 18.7 Å². The number of fused-ring (bicyclic) bond motifs is 1. The Morgan fingerprint density at radius 3 is 2.48 bits per heavy atom. The highest BCUT2D eigenvalue weighted by atomic mass is 79.9. The predicted molar refractivity (Wildman–Crippen MR) is 95.8 cm³/mol. The normalized spacial score (nSPS) is 11.9. The zero-order valence-corrected chi connectivity index (χ0v) is 14.8. The Morgan fingerprint density at radius 1 is 1.08 bits per heavy atom. The van der Waals surface area contributed by atoms with Crippen LogP contribution in [-0.4, -0.2) is 17.9 Å². The summed E-state index contributed by atoms with van der Waals surface area (Å²) in [5.74, 6) is -1.44. The molecule has 3 aromatic rings. The van der Waals surface area contributed by atoms with Crippen molar-refractivity contribution in [3.05, 3.63) is 80.6 Å². The highest BCUT2D eigenvalue weighted by Gasteiger charge is 2.22. The molecule has 0 bridgehead atoms. The van der Waals surface area contributed by atoms with Gasteiger partial charge in [-0.25, -0.2) is 4.79 Å². The molecule has 0 radical (unpaired) electrons. The quantitative estimate of drug-likeness (QED) is 0.489. The molecule has 0 unspecified atom stereocenters. The largest absolute Gasteiger partial charge is 0.449 e. The average Bonchev–Trinajstić information content (AvgIpc) is 2.61. The SMILES string of the molecule is C[C@H](OC(=O)c1cc(=O)c2ccccc2o1)C(=O)c1ccc(Br)cc1. The summed E-state index contributed by atoms with van der Waals surface area (Å²) in [7, 11) is 0. The van der Waals surface area contributed by atoms with E-state index in [-0.39, 0.29) is 22.6 Å². The van der Waals surface area contributed by atoms with Crippen molar-refractivity contribution >= 4 is 38.7 Å². The molecular formula is C19H13BrO5. The molecule has 0 aliphatic carbocycles. The molecule has 3 rings (SSSR count). The molecule has 1 aromatic heterocycles. The van der Waals surface area contributed by atoms with Crippen molar-refractivity contribution in [3.8, 4) is 0 Å². The number of rotatable bonds is 4. The maximum atomic E-state index is 12.3. The molecule has 126 valence electrons. The number of esters is 1. The zero-order valence-electron chi connectivity index (χ0n) is 13.2. The van der Waals surface area contributed by atoms with Crippen LogP contribution in [0, 0.1) is 0 Å². The van der Waals surface area contributed by atoms with Gasteiger partial charge >= 0.3 is 5.97 Å². The third-order valence-electron chi connectivity index (χ3n) is 3.62. The predicted octanol–water partition coefficient (Wildman–Crippen LogP) is 3.98. The third-order valence-corrected chi connectivity index (χ3v) is 4.15. The van der Waals surface area contributed by atoms with E-state index in [2.05, 4.69) is 15.9 Å². The van der Waals surface area contributed by atoms with Crippen molar-refractivity contribution in [2.24, 2.45) is 0 Å². The van der Waals surface area contributed by atoms with Crippen LogP contribution in [0.4, 0.5) is 0 Å². The van der Waals surface area contributed by atoms with Gasteiger partial charge in [0.15, 0.2) is 11.5 Å². The molecule has 0 saturated carbocycles. The minimum atomic E-state index is -1.01. The van der Waals surface area contributed by atoms with E-state index < -0.39 is 12.1 Å². The first-order valence-corrected chi connectivity index (χ1v) is 8.28. The minimum Gasteiger partial charge on any atom is -0.449 e. The first kappa shape index (κ1) is 17.1. The van der Waals surface area contributed by atoms with Crippen molar-refractivity contribution in [2.75, 3.05) is 0 Å². The van der Waals surface area contributed by atoms with Crippen molar-refractivity contribution in [3.63, 3.8) is 0 Å². The highest BCUT2D eigenvalue weighted by molar-refractivity contribution is 9.10. The number of carbonyl (C=O) groups excluding carboxylic acids is 2. The van der Waals surface area contributed by atoms with Crippen LogP contribution in [0.1, 0.15) is 27.8 Å². The molecule has 0 amide bonds. The van der Waals surface area contributed by atoms with E-state index >= 15 is 0 Å². The third kappa shape index (κ3) is 3.69. The number of para-hydroxylation sites is 1. The van der Waals surface area contributed by atoms with Gasteiger partial charge < -0.3 is 9.15 Å². The van der Waals surface area contributed by atoms with Crippen LogP contribution in [0.25, 0.3) is 11.0 Å². The molecule has 0 aliphatic rings. The summed E-state index contributed by atoms with van der Waals surface area (Å²) in [4.78, 5) is 36.6. The van der Waals surface area contributed by atoms with Crippen LogP contribution < -0.4 is 5.43 Å². The van der Waals surface area contributed by atoms with Gasteiger partial charge in [0.05, 0.1) is 5.39 Å². The second-order valence-electron chi connectivity index (χ2n) is 5.39. The molecule has 25 heavy (non-hydrogen) atoms. The van der Waals surface area contributed by atoms with Crippen molar-refractivity contribution in [2.45, 2.75) is 13.0 Å². The molecule has 2 aromatic carbocycles. The van der Waals surface area contributed by atoms with E-state index in [1.54, 1.807) is 48.5 Å². The second-order valence-corrected chi connectivity index (χ2v) is 6.31. The summed E-state index contributed by atoms with van der Waals surface area (Å²) in [6, 6.07) is 14.4. The number of halogens is 1. The number of hydrogen-bond acceptors (Lipinski definition) is 5. The fourth-order valence-electron chi connectivity index (χ4n) is 2.33. The van der Waals surface area contributed by atoms with Gasteiger partial charge in [-0.05, 0) is 31.2 Å². The second kappa shape index (κ2) is 7.03. The van der Waals surface area contributed by atoms with Gasteiger partial charge in [0.25, 0.3) is 0 Å². The Morgan fingerprint density at radius 2 is 1.76 bits per heavy atom. The average molecular weight is 401 g/mol. The van der Waals surface area contributed by atoms with Crippen LogP contribution in [0.15, 0.2) is 68.3 Å². The Balaban J connectivity index is 1.81. The Kier molecular flexibility index (Phi) is 4.81. The van der Waals surface area contributed by atoms with Crippen LogP contribution in [0.3, 0.4) is 0 Å². The molecule has 1 heterocycles. The lowest BCUT2D eigenvalue weighted by Gasteiger charge is -2.12. The van der Waals surface area contributed by atoms with Crippen LogP contribution in [0.5, 0.6) is 0 Å². The van der Waals surface area contributed by atoms with Gasteiger partial charge in [-0.15, -0.1) is 0 Å². The summed E-state index contributed by atoms with van der Waals surface area (Å²) < 4.78 is 11.4. The van der Waals surface area contributed by atoms with E-state index in [0.717, 1.165) is 10.5 Å². The van der Waals surface area contributed by atoms with Crippen LogP contribution in [-0.2, 0) is 4.74 Å². The topological polar surface area (TPSA) is 73.6 Å². The minimum absolute atomic E-state index is 0.237. The van der Waals surface area contributed by atoms with Crippen LogP contribution in [0.2, 0.25) is 0 Å². The maximum absolute atomic E-state index is 12.3. The number of ketones is 1. The highest BCUT2D eigenvalue weighted by Crippen LogP contribution is 2.16. The van der Waals surface area contributed by atoms with Gasteiger partial charge in [0, 0.05) is 16.1 Å². The lowest BCUT2D eigenvalue weighted by Crippen LogP contribution is -2.25. The number of carbonyl (C=O) groups is 2. The molecular weight excluding hydrogens is 388 g/mol. The van der Waals surface area contributed by atoms with Crippen molar-refractivity contribution in [1.29, 1.82) is 0 Å². The van der Waals surface area contributed by atoms with Gasteiger partial charge in [-0.3, -0.25) is 9.59 Å². The summed E-state index contributed by atoms with van der Waals surface area (Å²) in [5, 5.41) is 0.373. The van der Waals surface area contributed by atoms with E-state index in [4.69, 9.17) is 9.15 Å². The monoisotopic (exact) mass is 400 g/mol. The fourth-order valence-corrected chi connectivity index (χ4v) is 2.59. The summed E-state index contributed by atoms with van der Waals surface area (Å²) in [6.07, 6.45) is -1.01. The summed E-state index contributed by atoms with van der Waals surface area (Å²) in [6.45, 7) is 1.47. The van der Waals surface area contributed by atoms with Crippen LogP contribution >= 0.6 is 15.9 Å². The standard InChI is InChI=1S/C19H13BrO5/c1-11(18(22)12-6-8-13(20)9-7-12)24-19(23)17-10-15(21)14-4-2-3-5-16(14)25-17/h2-11H,1H3/t11-/m0/s1. The number of hydrogen-bond donors (Lipinski definition) is 0. The lowest BCUT2D eigenvalue weighted by molar-refractivity contribution is 0.0289. The van der Waals surface area contributed by atoms with E-state index in [1.165, 1.54) is 6.92 Å². The summed E-state index contributed by atoms with van der Waals surface area (Å²) in [5.41, 5.74) is 0.359. The molecule has 0 N–H and O–H groups in total. The van der Waals surface area contributed by atoms with E-state index in [0.29, 0.717) is 10.9 Å². The van der Waals surface area contributed by atoms with Gasteiger partial charge in [-0.2, -0.15) is 0 Å². The van der Waals surface area contributed by atoms with Gasteiger partial charge in [-0.1, -0.05) is 40.2 Å². The molecule has 1 atom stereocenters.